The number of phenolic OH excluding ortho intramolecular Hbond substituents is 2. The maximum absolute atomic E-state index is 14.2. The highest BCUT2D eigenvalue weighted by Gasteiger charge is 2.40. The molecule has 22 nitrogen and oxygen atoms in total. The highest BCUT2D eigenvalue weighted by molar-refractivity contribution is 5.47. The summed E-state index contributed by atoms with van der Waals surface area (Å²) in [6.07, 6.45) is -2.45. The highest BCUT2D eigenvalue weighted by Crippen LogP contribution is 2.45. The van der Waals surface area contributed by atoms with Gasteiger partial charge in [-0.15, -0.1) is 0 Å². The Morgan fingerprint density at radius 3 is 0.976 bits per heavy atom. The van der Waals surface area contributed by atoms with Crippen LogP contribution in [0.25, 0.3) is 0 Å². The van der Waals surface area contributed by atoms with Gasteiger partial charge in [-0.3, -0.25) is 0 Å². The van der Waals surface area contributed by atoms with E-state index in [1.165, 1.54) is 60.7 Å². The fraction of sp³-hybridized carbons (Fsp3) is 0.500. The van der Waals surface area contributed by atoms with E-state index >= 15 is 0 Å². The van der Waals surface area contributed by atoms with E-state index in [0.29, 0.717) is 221 Å². The molecule has 28 heteroatoms. The number of aliphatic hydroxyl groups excluding tert-OH is 12. The first-order chi connectivity index (χ1) is 59.3. The van der Waals surface area contributed by atoms with Crippen LogP contribution in [-0.2, 0) is 25.7 Å². The molecule has 14 N–H and O–H groups in total. The van der Waals surface area contributed by atoms with Crippen LogP contribution in [0.4, 0.5) is 26.3 Å². The predicted octanol–water partition coefficient (Wildman–Crippen LogP) is 14.1. The third-order valence-corrected chi connectivity index (χ3v) is 25.0. The molecule has 20 atom stereocenters. The first-order valence-corrected chi connectivity index (χ1v) is 43.2. The molecule has 16 rings (SSSR count). The van der Waals surface area contributed by atoms with E-state index in [0.717, 1.165) is 39.4 Å². The molecule has 0 spiro atoms. The van der Waals surface area contributed by atoms with Crippen LogP contribution in [0.1, 0.15) is 220 Å². The van der Waals surface area contributed by atoms with Crippen molar-refractivity contribution in [2.45, 2.75) is 304 Å². The van der Waals surface area contributed by atoms with E-state index < -0.39 is 157 Å². The molecule has 0 bridgehead atoms. The molecule has 8 aromatic rings. The maximum Gasteiger partial charge on any atom is 0.171 e. The lowest BCUT2D eigenvalue weighted by molar-refractivity contribution is -0.0231. The molecule has 0 saturated carbocycles. The van der Waals surface area contributed by atoms with Crippen molar-refractivity contribution in [2.24, 2.45) is 0 Å². The summed E-state index contributed by atoms with van der Waals surface area (Å²) in [5, 5.41) is 145. The Morgan fingerprint density at radius 2 is 0.589 bits per heavy atom. The molecule has 0 radical (unpaired) electrons. The van der Waals surface area contributed by atoms with Gasteiger partial charge in [-0.2, -0.15) is 0 Å². The lowest BCUT2D eigenvalue weighted by atomic mass is 9.92. The van der Waals surface area contributed by atoms with Crippen molar-refractivity contribution in [1.29, 1.82) is 0 Å². The third kappa shape index (κ3) is 22.8. The van der Waals surface area contributed by atoms with E-state index in [1.807, 2.05) is 50.2 Å². The Bertz CT molecular complexity index is 4470. The number of aryl methyl sites for hydroxylation is 6. The van der Waals surface area contributed by atoms with Crippen molar-refractivity contribution in [2.75, 3.05) is 0 Å². The molecule has 0 unspecified atom stereocenters. The van der Waals surface area contributed by atoms with Crippen molar-refractivity contribution >= 4 is 0 Å². The molecular weight excluding hydrogens is 1620 g/mol. The van der Waals surface area contributed by atoms with Gasteiger partial charge in [0.2, 0.25) is 0 Å². The second-order valence-electron chi connectivity index (χ2n) is 34.3. The lowest BCUT2D eigenvalue weighted by Gasteiger charge is -2.33. The van der Waals surface area contributed by atoms with Gasteiger partial charge in [0.15, 0.2) is 23.1 Å². The Labute approximate surface area is 716 Å². The van der Waals surface area contributed by atoms with Crippen LogP contribution in [0.5, 0.6) is 57.5 Å². The van der Waals surface area contributed by atoms with Crippen LogP contribution >= 0.6 is 0 Å². The minimum absolute atomic E-state index is 0.174. The van der Waals surface area contributed by atoms with Crippen LogP contribution in [0.3, 0.4) is 0 Å². The molecule has 0 amide bonds. The smallest absolute Gasteiger partial charge is 0.171 e. The quantitative estimate of drug-likeness (QED) is 0.0250. The first kappa shape index (κ1) is 92.5. The molecule has 8 heterocycles. The van der Waals surface area contributed by atoms with E-state index in [2.05, 4.69) is 0 Å². The monoisotopic (exact) mass is 1730 g/mol. The summed E-state index contributed by atoms with van der Waals surface area (Å²) < 4.78 is 129. The summed E-state index contributed by atoms with van der Waals surface area (Å²) in [6, 6.07) is 31.0. The largest absolute Gasteiger partial charge is 0.505 e. The van der Waals surface area contributed by atoms with Crippen molar-refractivity contribution in [3.05, 3.63) is 223 Å². The lowest BCUT2D eigenvalue weighted by Crippen LogP contribution is -2.37. The van der Waals surface area contributed by atoms with Crippen LogP contribution in [0, 0.1) is 62.6 Å². The number of benzene rings is 8. The summed E-state index contributed by atoms with van der Waals surface area (Å²) in [5.41, 5.74) is 8.10. The molecule has 8 aliphatic rings. The summed E-state index contributed by atoms with van der Waals surface area (Å²) in [7, 11) is 0. The van der Waals surface area contributed by atoms with Crippen molar-refractivity contribution in [3.8, 4) is 57.5 Å². The maximum atomic E-state index is 14.2. The average molecular weight is 1730 g/mol. The number of aromatic hydroxyl groups is 2. The van der Waals surface area contributed by atoms with Crippen LogP contribution in [0.15, 0.2) is 121 Å². The second-order valence-corrected chi connectivity index (χ2v) is 34.3. The van der Waals surface area contributed by atoms with E-state index in [1.54, 1.807) is 32.0 Å². The van der Waals surface area contributed by atoms with E-state index in [9.17, 15) is 97.8 Å². The summed E-state index contributed by atoms with van der Waals surface area (Å²) in [5.74, 6) is -0.0498. The molecule has 0 aliphatic carbocycles. The number of halogens is 6. The number of ether oxygens (including phenoxy) is 8. The first-order valence-electron chi connectivity index (χ1n) is 43.2. The Kier molecular flexibility index (Phi) is 31.0. The zero-order valence-corrected chi connectivity index (χ0v) is 69.9. The minimum Gasteiger partial charge on any atom is -0.505 e. The molecule has 8 aliphatic heterocycles. The van der Waals surface area contributed by atoms with Crippen LogP contribution in [-0.4, -0.2) is 169 Å². The van der Waals surface area contributed by atoms with Gasteiger partial charge < -0.3 is 109 Å². The Morgan fingerprint density at radius 1 is 0.290 bits per heavy atom. The van der Waals surface area contributed by atoms with Crippen molar-refractivity contribution in [1.82, 2.24) is 0 Å². The molecule has 124 heavy (non-hydrogen) atoms. The van der Waals surface area contributed by atoms with E-state index in [-0.39, 0.29) is 24.5 Å². The SMILES string of the molecule is Cc1cc2c(cc1F)O[C@H]([C@@H](O)CCC[C@H](O)[C@H]1C[C@H](O)c3cc(F)ccc3O1)CC2.Cc1ccc2c(c1)[C@H](O)C[C@@H]([C@@H](O)CCC[C@H](O)[C@H]1CCc3c(ccc(O)c3F)O1)O2.Cc1ccc2c(c1)[C@H](O)C[C@@H]([C@@H](O)CCC[C@H](O)[C@H]1CCc3cc(O)c(F)cc3O1)O2.Cc1ccc2c(c1F)CC[C@@H]([C@@H](O)CCC[C@H](O)[C@H]1C[C@H](O)c3cc(F)ccc3O1)O2. The normalized spacial score (nSPS) is 24.4. The highest BCUT2D eigenvalue weighted by atomic mass is 19.1. The standard InChI is InChI=1S/2C24H28F2O5.2C24H29FO6/c1-13-5-8-20-15(24(13)26)7-10-22(30-20)17(27)3-2-4-18(28)23-12-19(29)16-11-14(25)6-9-21(16)31-23;1-13-9-14-5-7-22(31-23(14)11-17(13)26)18(27)3-2-4-19(28)24-12-20(29)16-10-15(25)6-8-21(16)30-24;1-13-5-8-21-15(11-13)19(29)12-23(31-21)17(27)4-2-3-16(26)22-9-6-14-20(30-22)10-7-18(28)24(14)25;1-13-5-7-21-15(9-13)19(28)12-24(30-21)18(27)4-2-3-17(26)22-8-6-14-10-20(29)16(25)11-23(14)31-22/h5-6,8-9,11,17-19,22-23,27-29H,2-4,7,10,12H2,1H3;6,8-11,18-20,22,24,27-29H,2-5,7,12H2,1H3;5,7-8,10-11,16-17,19,22-23,26-29H,2-4,6,9,12H2,1H3;5,7,9-11,17-19,22,24,26-29H,2-4,6,8,12H2,1H3/t17-,18-,19-,22-,23+;18-,19-,20-,22-,24+;16-,17-,19+,22+,23-;17-,18-,19+,22+,24-/m0000/s1. The summed E-state index contributed by atoms with van der Waals surface area (Å²) >= 11 is 0. The minimum atomic E-state index is -0.899. The third-order valence-electron chi connectivity index (χ3n) is 25.0. The molecule has 672 valence electrons. The number of aliphatic hydroxyl groups is 12. The fourth-order valence-electron chi connectivity index (χ4n) is 17.7. The predicted molar refractivity (Wildman–Crippen MR) is 444 cm³/mol. The number of fused-ring (bicyclic) bond motifs is 8. The van der Waals surface area contributed by atoms with Gasteiger partial charge in [-0.25, -0.2) is 26.3 Å². The van der Waals surface area contributed by atoms with Crippen LogP contribution < -0.4 is 37.9 Å². The molecule has 0 fully saturated rings. The Hall–Kier alpha value is -9.14. The zero-order chi connectivity index (χ0) is 88.5. The van der Waals surface area contributed by atoms with Crippen molar-refractivity contribution < 1.29 is 136 Å². The number of hydrogen-bond donors (Lipinski definition) is 14. The van der Waals surface area contributed by atoms with Gasteiger partial charge in [0, 0.05) is 71.2 Å². The average Bonchev–Trinajstić information content (AvgIpc) is 0.855. The molecule has 8 aromatic carbocycles. The molecule has 0 saturated heterocycles. The van der Waals surface area contributed by atoms with Gasteiger partial charge in [-0.05, 0) is 269 Å². The van der Waals surface area contributed by atoms with E-state index in [4.69, 9.17) is 37.9 Å². The van der Waals surface area contributed by atoms with Gasteiger partial charge in [0.1, 0.15) is 118 Å². The number of hydrogen-bond acceptors (Lipinski definition) is 22. The topological polar surface area (TPSA) is 357 Å². The second kappa shape index (κ2) is 41.5. The summed E-state index contributed by atoms with van der Waals surface area (Å²) in [4.78, 5) is 0. The number of phenols is 2. The Balaban J connectivity index is 0.000000142. The van der Waals surface area contributed by atoms with Gasteiger partial charge in [-0.1, -0.05) is 29.3 Å². The molecular formula is C96H114F6O22. The zero-order valence-electron chi connectivity index (χ0n) is 69.9. The molecule has 0 aromatic heterocycles. The van der Waals surface area contributed by atoms with Crippen LogP contribution in [0.2, 0.25) is 0 Å². The number of rotatable bonds is 24. The van der Waals surface area contributed by atoms with Gasteiger partial charge >= 0.3 is 0 Å². The van der Waals surface area contributed by atoms with Gasteiger partial charge in [0.05, 0.1) is 73.2 Å². The van der Waals surface area contributed by atoms with Crippen molar-refractivity contribution in [3.63, 3.8) is 0 Å². The van der Waals surface area contributed by atoms with Gasteiger partial charge in [0.25, 0.3) is 0 Å². The fourth-order valence-corrected chi connectivity index (χ4v) is 17.7. The summed E-state index contributed by atoms with van der Waals surface area (Å²) in [6.45, 7) is 7.34.